The van der Waals surface area contributed by atoms with Gasteiger partial charge in [0.05, 0.1) is 5.69 Å². The summed E-state index contributed by atoms with van der Waals surface area (Å²) in [5.74, 6) is 1.33. The van der Waals surface area contributed by atoms with Crippen LogP contribution in [0.3, 0.4) is 0 Å². The first-order chi connectivity index (χ1) is 18.6. The lowest BCUT2D eigenvalue weighted by atomic mass is 10.0. The summed E-state index contributed by atoms with van der Waals surface area (Å²) in [5.41, 5.74) is 6.04. The highest BCUT2D eigenvalue weighted by molar-refractivity contribution is 7.08. The zero-order chi connectivity index (χ0) is 25.9. The van der Waals surface area contributed by atoms with E-state index in [-0.39, 0.29) is 0 Å². The van der Waals surface area contributed by atoms with E-state index in [1.807, 2.05) is 37.1 Å². The Morgan fingerprint density at radius 1 is 1.00 bits per heavy atom. The van der Waals surface area contributed by atoms with Crippen molar-refractivity contribution < 1.29 is 0 Å². The van der Waals surface area contributed by atoms with E-state index in [0.717, 1.165) is 66.5 Å². The van der Waals surface area contributed by atoms with Crippen molar-refractivity contribution >= 4 is 45.6 Å². The third-order valence-electron chi connectivity index (χ3n) is 6.98. The first-order valence-electron chi connectivity index (χ1n) is 13.0. The zero-order valence-electron chi connectivity index (χ0n) is 21.7. The molecule has 1 aliphatic rings. The lowest BCUT2D eigenvalue weighted by Gasteiger charge is -2.32. The summed E-state index contributed by atoms with van der Waals surface area (Å²) in [5, 5.41) is 11.3. The van der Waals surface area contributed by atoms with Gasteiger partial charge in [0.15, 0.2) is 17.0 Å². The number of hydrogen-bond donors (Lipinski definition) is 2. The molecule has 0 aliphatic carbocycles. The number of rotatable bonds is 8. The normalized spacial score (nSPS) is 14.6. The Balaban J connectivity index is 1.25. The highest BCUT2D eigenvalue weighted by atomic mass is 32.1. The molecule has 0 radical (unpaired) electrons. The van der Waals surface area contributed by atoms with Crippen LogP contribution in [0.4, 0.5) is 23.1 Å². The van der Waals surface area contributed by atoms with E-state index in [9.17, 15) is 0 Å². The summed E-state index contributed by atoms with van der Waals surface area (Å²) >= 11 is 1.66. The Bertz CT molecular complexity index is 1490. The van der Waals surface area contributed by atoms with Gasteiger partial charge in [-0.3, -0.25) is 9.47 Å². The van der Waals surface area contributed by atoms with Gasteiger partial charge in [0, 0.05) is 56.5 Å². The quantitative estimate of drug-likeness (QED) is 0.267. The first-order valence-corrected chi connectivity index (χ1v) is 13.9. The van der Waals surface area contributed by atoms with Crippen LogP contribution in [0, 0.1) is 0 Å². The van der Waals surface area contributed by atoms with Crippen molar-refractivity contribution in [3.05, 3.63) is 83.3 Å². The Labute approximate surface area is 227 Å². The average molecular weight is 525 g/mol. The van der Waals surface area contributed by atoms with Crippen LogP contribution in [0.15, 0.2) is 77.8 Å². The molecular weight excluding hydrogens is 492 g/mol. The van der Waals surface area contributed by atoms with E-state index >= 15 is 0 Å². The van der Waals surface area contributed by atoms with Crippen LogP contribution >= 0.6 is 11.3 Å². The molecule has 3 aromatic heterocycles. The van der Waals surface area contributed by atoms with Gasteiger partial charge >= 0.3 is 0 Å². The molecule has 1 fully saturated rings. The van der Waals surface area contributed by atoms with Crippen LogP contribution in [0.1, 0.15) is 18.4 Å². The van der Waals surface area contributed by atoms with E-state index in [1.165, 1.54) is 5.56 Å². The van der Waals surface area contributed by atoms with E-state index in [1.54, 1.807) is 11.3 Å². The Kier molecular flexibility index (Phi) is 6.94. The lowest BCUT2D eigenvalue weighted by Crippen LogP contribution is -2.38. The van der Waals surface area contributed by atoms with E-state index in [4.69, 9.17) is 15.0 Å². The molecule has 1 saturated heterocycles. The highest BCUT2D eigenvalue weighted by Gasteiger charge is 2.22. The number of fused-ring (bicyclic) bond motifs is 1. The molecule has 0 unspecified atom stereocenters. The molecule has 0 saturated carbocycles. The summed E-state index contributed by atoms with van der Waals surface area (Å²) in [6, 6.07) is 21.4. The number of benzene rings is 2. The number of anilines is 4. The summed E-state index contributed by atoms with van der Waals surface area (Å²) in [7, 11) is 4.07. The van der Waals surface area contributed by atoms with Gasteiger partial charge < -0.3 is 15.5 Å². The largest absolute Gasteiger partial charge is 0.378 e. The van der Waals surface area contributed by atoms with Crippen LogP contribution in [0.2, 0.25) is 0 Å². The number of imidazole rings is 1. The maximum Gasteiger partial charge on any atom is 0.231 e. The Morgan fingerprint density at radius 3 is 2.61 bits per heavy atom. The molecule has 9 heteroatoms. The summed E-state index contributed by atoms with van der Waals surface area (Å²) in [6.45, 7) is 3.09. The Hall–Kier alpha value is -3.95. The fourth-order valence-corrected chi connectivity index (χ4v) is 5.53. The second-order valence-electron chi connectivity index (χ2n) is 9.91. The fraction of sp³-hybridized carbons (Fsp3) is 0.276. The van der Waals surface area contributed by atoms with Gasteiger partial charge in [0.25, 0.3) is 0 Å². The average Bonchev–Trinajstić information content (AvgIpc) is 3.61. The predicted octanol–water partition coefficient (Wildman–Crippen LogP) is 5.76. The molecule has 2 aromatic carbocycles. The second kappa shape index (κ2) is 10.8. The van der Waals surface area contributed by atoms with Crippen LogP contribution in [-0.2, 0) is 6.54 Å². The van der Waals surface area contributed by atoms with Crippen molar-refractivity contribution in [2.75, 3.05) is 42.7 Å². The highest BCUT2D eigenvalue weighted by Crippen LogP contribution is 2.28. The molecule has 2 N–H and O–H groups in total. The molecule has 0 spiro atoms. The first kappa shape index (κ1) is 24.4. The summed E-state index contributed by atoms with van der Waals surface area (Å²) < 4.78 is 2.03. The minimum absolute atomic E-state index is 0.330. The van der Waals surface area contributed by atoms with Crippen LogP contribution < -0.4 is 15.5 Å². The number of thiophene rings is 1. The number of hydrogen-bond acceptors (Lipinski definition) is 8. The van der Waals surface area contributed by atoms with E-state index in [0.29, 0.717) is 12.0 Å². The van der Waals surface area contributed by atoms with Gasteiger partial charge in [-0.05, 0) is 48.1 Å². The predicted molar refractivity (Wildman–Crippen MR) is 157 cm³/mol. The number of aromatic nitrogens is 4. The molecule has 194 valence electrons. The van der Waals surface area contributed by atoms with Gasteiger partial charge in [0.2, 0.25) is 5.95 Å². The van der Waals surface area contributed by atoms with Gasteiger partial charge in [-0.25, -0.2) is 4.98 Å². The van der Waals surface area contributed by atoms with Crippen molar-refractivity contribution in [1.29, 1.82) is 0 Å². The van der Waals surface area contributed by atoms with Gasteiger partial charge in [-0.2, -0.15) is 21.3 Å². The van der Waals surface area contributed by atoms with Crippen LogP contribution in [0.25, 0.3) is 16.9 Å². The molecule has 0 atom stereocenters. The second-order valence-corrected chi connectivity index (χ2v) is 10.7. The molecule has 4 heterocycles. The molecule has 8 nitrogen and oxygen atoms in total. The number of nitrogens with one attached hydrogen (secondary N) is 2. The Morgan fingerprint density at radius 2 is 1.84 bits per heavy atom. The summed E-state index contributed by atoms with van der Waals surface area (Å²) in [6.07, 6.45) is 3.94. The van der Waals surface area contributed by atoms with Crippen molar-refractivity contribution in [2.45, 2.75) is 25.4 Å². The topological polar surface area (TPSA) is 74.1 Å². The molecule has 1 aliphatic heterocycles. The SMILES string of the molecule is CN(C)c1cccc(Nc2nc(NC3CCN(Cc4ccccc4)CC3)c3ncn(-c4ccsc4)c3n2)c1. The third kappa shape index (κ3) is 5.34. The number of likely N-dealkylation sites (tertiary alicyclic amines) is 1. The number of piperidine rings is 1. The standard InChI is InChI=1S/C29H32N8S/c1-35(2)24-10-6-9-23(17-24)32-29-33-27(26-28(34-29)37(20-30-26)25-13-16-38-19-25)31-22-11-14-36(15-12-22)18-21-7-4-3-5-8-21/h3-10,13,16-17,19-20,22H,11-12,14-15,18H2,1-2H3,(H2,31,32,33,34). The van der Waals surface area contributed by atoms with Gasteiger partial charge in [0.1, 0.15) is 6.33 Å². The van der Waals surface area contributed by atoms with Crippen molar-refractivity contribution in [1.82, 2.24) is 24.4 Å². The molecule has 38 heavy (non-hydrogen) atoms. The molecule has 0 amide bonds. The maximum atomic E-state index is 4.91. The maximum absolute atomic E-state index is 4.91. The zero-order valence-corrected chi connectivity index (χ0v) is 22.5. The molecule has 6 rings (SSSR count). The van der Waals surface area contributed by atoms with Crippen LogP contribution in [-0.4, -0.2) is 57.6 Å². The molecular formula is C29H32N8S. The fourth-order valence-electron chi connectivity index (χ4n) is 4.90. The van der Waals surface area contributed by atoms with E-state index in [2.05, 4.69) is 79.7 Å². The third-order valence-corrected chi connectivity index (χ3v) is 7.65. The van der Waals surface area contributed by atoms with Crippen molar-refractivity contribution in [3.63, 3.8) is 0 Å². The summed E-state index contributed by atoms with van der Waals surface area (Å²) in [4.78, 5) is 19.1. The van der Waals surface area contributed by atoms with Crippen molar-refractivity contribution in [3.8, 4) is 5.69 Å². The van der Waals surface area contributed by atoms with Gasteiger partial charge in [-0.1, -0.05) is 36.4 Å². The van der Waals surface area contributed by atoms with Crippen molar-refractivity contribution in [2.24, 2.45) is 0 Å². The van der Waals surface area contributed by atoms with E-state index < -0.39 is 0 Å². The smallest absolute Gasteiger partial charge is 0.231 e. The monoisotopic (exact) mass is 524 g/mol. The van der Waals surface area contributed by atoms with Crippen LogP contribution in [0.5, 0.6) is 0 Å². The minimum atomic E-state index is 0.330. The molecule has 0 bridgehead atoms. The molecule has 5 aromatic rings. The van der Waals surface area contributed by atoms with Gasteiger partial charge in [-0.15, -0.1) is 0 Å². The lowest BCUT2D eigenvalue weighted by molar-refractivity contribution is 0.211. The number of nitrogens with zero attached hydrogens (tertiary/aromatic N) is 6. The minimum Gasteiger partial charge on any atom is -0.378 e.